The van der Waals surface area contributed by atoms with E-state index in [9.17, 15) is 4.79 Å². The summed E-state index contributed by atoms with van der Waals surface area (Å²) in [6.45, 7) is 6.11. The van der Waals surface area contributed by atoms with E-state index in [0.717, 1.165) is 25.7 Å². The van der Waals surface area contributed by atoms with Crippen molar-refractivity contribution in [3.8, 4) is 6.07 Å². The van der Waals surface area contributed by atoms with Crippen molar-refractivity contribution in [1.29, 1.82) is 5.26 Å². The molecule has 0 aromatic carbocycles. The summed E-state index contributed by atoms with van der Waals surface area (Å²) in [6, 6.07) is 2.24. The summed E-state index contributed by atoms with van der Waals surface area (Å²) < 4.78 is 0. The number of hydrogen-bond acceptors (Lipinski definition) is 2. The highest BCUT2D eigenvalue weighted by Crippen LogP contribution is 2.07. The van der Waals surface area contributed by atoms with Crippen molar-refractivity contribution in [1.82, 2.24) is 5.32 Å². The number of carbonyl (C=O) groups excluding carboxylic acids is 1. The molecule has 0 heterocycles. The van der Waals surface area contributed by atoms with Gasteiger partial charge in [0.1, 0.15) is 5.92 Å². The van der Waals surface area contributed by atoms with Gasteiger partial charge in [-0.15, -0.1) is 0 Å². The number of rotatable bonds is 7. The molecule has 0 radical (unpaired) electrons. The molecule has 0 aromatic rings. The third-order valence-electron chi connectivity index (χ3n) is 2.43. The van der Waals surface area contributed by atoms with E-state index in [-0.39, 0.29) is 11.9 Å². The van der Waals surface area contributed by atoms with Gasteiger partial charge in [0.2, 0.25) is 5.91 Å². The molecule has 86 valence electrons. The average molecular weight is 210 g/mol. The molecule has 1 amide bonds. The van der Waals surface area contributed by atoms with Crippen LogP contribution in [0.1, 0.15) is 52.9 Å². The maximum Gasteiger partial charge on any atom is 0.237 e. The third-order valence-corrected chi connectivity index (χ3v) is 2.43. The van der Waals surface area contributed by atoms with Crippen LogP contribution in [0.4, 0.5) is 0 Å². The van der Waals surface area contributed by atoms with E-state index in [4.69, 9.17) is 5.26 Å². The molecule has 0 rings (SSSR count). The van der Waals surface area contributed by atoms with Crippen molar-refractivity contribution in [2.45, 2.75) is 58.9 Å². The van der Waals surface area contributed by atoms with Crippen LogP contribution in [0.15, 0.2) is 0 Å². The van der Waals surface area contributed by atoms with Crippen LogP contribution >= 0.6 is 0 Å². The summed E-state index contributed by atoms with van der Waals surface area (Å²) in [5.74, 6) is -0.581. The molecule has 0 fully saturated rings. The second kappa shape index (κ2) is 8.28. The van der Waals surface area contributed by atoms with Crippen LogP contribution in [0.2, 0.25) is 0 Å². The fourth-order valence-electron chi connectivity index (χ4n) is 1.47. The van der Waals surface area contributed by atoms with Crippen LogP contribution in [0.5, 0.6) is 0 Å². The van der Waals surface area contributed by atoms with Gasteiger partial charge in [-0.2, -0.15) is 5.26 Å². The van der Waals surface area contributed by atoms with Crippen molar-refractivity contribution in [3.05, 3.63) is 0 Å². The van der Waals surface area contributed by atoms with Gasteiger partial charge < -0.3 is 5.32 Å². The summed E-state index contributed by atoms with van der Waals surface area (Å²) in [5.41, 5.74) is 0. The van der Waals surface area contributed by atoms with Crippen LogP contribution in [-0.4, -0.2) is 11.9 Å². The van der Waals surface area contributed by atoms with Crippen molar-refractivity contribution in [3.63, 3.8) is 0 Å². The molecule has 15 heavy (non-hydrogen) atoms. The first-order valence-electron chi connectivity index (χ1n) is 5.85. The van der Waals surface area contributed by atoms with E-state index in [1.807, 2.05) is 13.8 Å². The molecule has 0 aromatic heterocycles. The van der Waals surface area contributed by atoms with Crippen molar-refractivity contribution >= 4 is 5.91 Å². The molecule has 0 aliphatic rings. The molecule has 0 spiro atoms. The molecular formula is C12H22N2O. The summed E-state index contributed by atoms with van der Waals surface area (Å²) in [4.78, 5) is 11.6. The van der Waals surface area contributed by atoms with Gasteiger partial charge in [-0.3, -0.25) is 4.79 Å². The minimum atomic E-state index is -0.473. The molecule has 0 saturated heterocycles. The zero-order valence-corrected chi connectivity index (χ0v) is 10.0. The number of carbonyl (C=O) groups is 1. The van der Waals surface area contributed by atoms with Gasteiger partial charge in [-0.25, -0.2) is 0 Å². The largest absolute Gasteiger partial charge is 0.353 e. The lowest BCUT2D eigenvalue weighted by atomic mass is 10.0. The van der Waals surface area contributed by atoms with Gasteiger partial charge >= 0.3 is 0 Å². The number of hydrogen-bond donors (Lipinski definition) is 1. The monoisotopic (exact) mass is 210 g/mol. The summed E-state index contributed by atoms with van der Waals surface area (Å²) in [7, 11) is 0. The second-order valence-corrected chi connectivity index (χ2v) is 4.02. The van der Waals surface area contributed by atoms with Crippen molar-refractivity contribution in [2.24, 2.45) is 5.92 Å². The Bertz CT molecular complexity index is 220. The van der Waals surface area contributed by atoms with Gasteiger partial charge in [0.05, 0.1) is 6.07 Å². The first kappa shape index (κ1) is 14.0. The number of nitrogens with one attached hydrogen (secondary N) is 1. The smallest absolute Gasteiger partial charge is 0.237 e. The fourth-order valence-corrected chi connectivity index (χ4v) is 1.47. The van der Waals surface area contributed by atoms with E-state index < -0.39 is 5.92 Å². The molecular weight excluding hydrogens is 188 g/mol. The first-order valence-corrected chi connectivity index (χ1v) is 5.85. The Labute approximate surface area is 92.9 Å². The van der Waals surface area contributed by atoms with Crippen LogP contribution in [0.25, 0.3) is 0 Å². The fraction of sp³-hybridized carbons (Fsp3) is 0.833. The normalized spacial score (nSPS) is 14.0. The van der Waals surface area contributed by atoms with Gasteiger partial charge in [-0.05, 0) is 19.8 Å². The number of nitrogens with zero attached hydrogens (tertiary/aromatic N) is 1. The van der Waals surface area contributed by atoms with Crippen LogP contribution in [-0.2, 0) is 4.79 Å². The van der Waals surface area contributed by atoms with Crippen molar-refractivity contribution in [2.75, 3.05) is 0 Å². The minimum absolute atomic E-state index is 0.108. The van der Waals surface area contributed by atoms with Crippen molar-refractivity contribution < 1.29 is 4.79 Å². The maximum atomic E-state index is 11.6. The highest BCUT2D eigenvalue weighted by Gasteiger charge is 2.17. The average Bonchev–Trinajstić information content (AvgIpc) is 2.22. The minimum Gasteiger partial charge on any atom is -0.353 e. The Morgan fingerprint density at radius 3 is 2.47 bits per heavy atom. The topological polar surface area (TPSA) is 52.9 Å². The lowest BCUT2D eigenvalue weighted by Crippen LogP contribution is -2.36. The lowest BCUT2D eigenvalue weighted by Gasteiger charge is -2.15. The number of unbranched alkanes of at least 4 members (excludes halogenated alkanes) is 1. The Balaban J connectivity index is 3.94. The molecule has 0 aliphatic heterocycles. The quantitative estimate of drug-likeness (QED) is 0.702. The zero-order valence-electron chi connectivity index (χ0n) is 10.0. The lowest BCUT2D eigenvalue weighted by molar-refractivity contribution is -0.124. The first-order chi connectivity index (χ1) is 7.15. The molecule has 1 N–H and O–H groups in total. The molecule has 0 bridgehead atoms. The molecule has 0 saturated carbocycles. The molecule has 0 aliphatic carbocycles. The zero-order chi connectivity index (χ0) is 11.7. The van der Waals surface area contributed by atoms with Crippen LogP contribution in [0, 0.1) is 17.2 Å². The van der Waals surface area contributed by atoms with E-state index in [0.29, 0.717) is 6.42 Å². The van der Waals surface area contributed by atoms with E-state index in [1.165, 1.54) is 0 Å². The molecule has 3 heteroatoms. The van der Waals surface area contributed by atoms with Gasteiger partial charge in [0.15, 0.2) is 0 Å². The predicted molar refractivity (Wildman–Crippen MR) is 61.1 cm³/mol. The standard InChI is InChI=1S/C12H22N2O/c1-4-6-8-10(3)14-12(15)11(9-13)7-5-2/h10-11H,4-8H2,1-3H3,(H,14,15). The Kier molecular flexibility index (Phi) is 7.71. The van der Waals surface area contributed by atoms with E-state index >= 15 is 0 Å². The second-order valence-electron chi connectivity index (χ2n) is 4.02. The van der Waals surface area contributed by atoms with Gasteiger partial charge in [0, 0.05) is 6.04 Å². The summed E-state index contributed by atoms with van der Waals surface area (Å²) in [6.07, 6.45) is 4.77. The van der Waals surface area contributed by atoms with E-state index in [1.54, 1.807) is 0 Å². The van der Waals surface area contributed by atoms with Gasteiger partial charge in [-0.1, -0.05) is 33.1 Å². The third kappa shape index (κ3) is 6.11. The predicted octanol–water partition coefficient (Wildman–Crippen LogP) is 2.62. The molecule has 2 atom stereocenters. The number of amides is 1. The highest BCUT2D eigenvalue weighted by molar-refractivity contribution is 5.81. The number of nitriles is 1. The molecule has 2 unspecified atom stereocenters. The summed E-state index contributed by atoms with van der Waals surface area (Å²) >= 11 is 0. The van der Waals surface area contributed by atoms with Crippen LogP contribution in [0.3, 0.4) is 0 Å². The van der Waals surface area contributed by atoms with E-state index in [2.05, 4.69) is 18.3 Å². The SMILES string of the molecule is CCCCC(C)NC(=O)C(C#N)CCC. The highest BCUT2D eigenvalue weighted by atomic mass is 16.1. The Morgan fingerprint density at radius 2 is 2.00 bits per heavy atom. The molecule has 3 nitrogen and oxygen atoms in total. The summed E-state index contributed by atoms with van der Waals surface area (Å²) in [5, 5.41) is 11.7. The Hall–Kier alpha value is -1.04. The van der Waals surface area contributed by atoms with Crippen LogP contribution < -0.4 is 5.32 Å². The van der Waals surface area contributed by atoms with Gasteiger partial charge in [0.25, 0.3) is 0 Å². The maximum absolute atomic E-state index is 11.6. The Morgan fingerprint density at radius 1 is 1.33 bits per heavy atom.